The number of anilines is 1. The van der Waals surface area contributed by atoms with Gasteiger partial charge in [0.25, 0.3) is 0 Å². The van der Waals surface area contributed by atoms with Gasteiger partial charge in [0.1, 0.15) is 0 Å². The Balaban J connectivity index is 1.91. The summed E-state index contributed by atoms with van der Waals surface area (Å²) in [5.74, 6) is 1.30. The zero-order valence-electron chi connectivity index (χ0n) is 13.6. The minimum absolute atomic E-state index is 0.220. The molecule has 1 saturated heterocycles. The molecule has 0 saturated carbocycles. The first-order chi connectivity index (χ1) is 10.1. The molecule has 1 aromatic rings. The Morgan fingerprint density at radius 3 is 2.67 bits per heavy atom. The Hall–Kier alpha value is -1.35. The third-order valence-electron chi connectivity index (χ3n) is 4.74. The summed E-state index contributed by atoms with van der Waals surface area (Å²) in [6.07, 6.45) is 4.15. The van der Waals surface area contributed by atoms with Crippen molar-refractivity contribution in [2.24, 2.45) is 11.8 Å². The monoisotopic (exact) mass is 288 g/mol. The van der Waals surface area contributed by atoms with E-state index in [4.69, 9.17) is 0 Å². The first-order valence-electron chi connectivity index (χ1n) is 8.18. The lowest BCUT2D eigenvalue weighted by molar-refractivity contribution is -0.119. The number of hydrogen-bond acceptors (Lipinski definition) is 2. The molecule has 0 aromatic heterocycles. The van der Waals surface area contributed by atoms with Crippen LogP contribution < -0.4 is 10.2 Å². The van der Waals surface area contributed by atoms with Crippen LogP contribution in [0.25, 0.3) is 0 Å². The maximum absolute atomic E-state index is 12.5. The average molecular weight is 288 g/mol. The van der Waals surface area contributed by atoms with Crippen LogP contribution in [0.4, 0.5) is 5.69 Å². The number of piperidine rings is 1. The number of carbonyl (C=O) groups excluding carboxylic acids is 1. The molecule has 3 heteroatoms. The molecule has 0 spiro atoms. The second-order valence-corrected chi connectivity index (χ2v) is 6.26. The summed E-state index contributed by atoms with van der Waals surface area (Å²) >= 11 is 0. The highest BCUT2D eigenvalue weighted by atomic mass is 16.2. The standard InChI is InChI=1S/C18H28N2O/c1-4-15-7-9-17(10-8-15)20(3)18(21)12-14(2)16-6-5-11-19-13-16/h7-10,14,16,19H,4-6,11-13H2,1-3H3. The number of rotatable bonds is 5. The summed E-state index contributed by atoms with van der Waals surface area (Å²) in [7, 11) is 1.88. The zero-order valence-corrected chi connectivity index (χ0v) is 13.6. The molecule has 1 aliphatic rings. The molecule has 1 aliphatic heterocycles. The van der Waals surface area contributed by atoms with E-state index in [0.29, 0.717) is 18.3 Å². The van der Waals surface area contributed by atoms with E-state index in [1.165, 1.54) is 18.4 Å². The van der Waals surface area contributed by atoms with Crippen LogP contribution in [0.2, 0.25) is 0 Å². The smallest absolute Gasteiger partial charge is 0.226 e. The number of benzene rings is 1. The molecule has 0 aliphatic carbocycles. The maximum Gasteiger partial charge on any atom is 0.226 e. The SMILES string of the molecule is CCc1ccc(N(C)C(=O)CC(C)C2CCCNC2)cc1. The van der Waals surface area contributed by atoms with E-state index in [9.17, 15) is 4.79 Å². The molecular weight excluding hydrogens is 260 g/mol. The van der Waals surface area contributed by atoms with Gasteiger partial charge in [-0.05, 0) is 61.9 Å². The average Bonchev–Trinajstić information content (AvgIpc) is 2.55. The van der Waals surface area contributed by atoms with Gasteiger partial charge in [-0.15, -0.1) is 0 Å². The van der Waals surface area contributed by atoms with E-state index in [-0.39, 0.29) is 5.91 Å². The lowest BCUT2D eigenvalue weighted by atomic mass is 9.85. The van der Waals surface area contributed by atoms with Crippen molar-refractivity contribution in [2.45, 2.75) is 39.5 Å². The minimum atomic E-state index is 0.220. The molecule has 1 N–H and O–H groups in total. The summed E-state index contributed by atoms with van der Waals surface area (Å²) in [6.45, 7) is 6.54. The summed E-state index contributed by atoms with van der Waals surface area (Å²) in [6, 6.07) is 8.30. The second-order valence-electron chi connectivity index (χ2n) is 6.26. The molecule has 2 rings (SSSR count). The fourth-order valence-electron chi connectivity index (χ4n) is 3.04. The summed E-state index contributed by atoms with van der Waals surface area (Å²) < 4.78 is 0. The molecule has 3 nitrogen and oxygen atoms in total. The molecule has 1 amide bonds. The van der Waals surface area contributed by atoms with Gasteiger partial charge in [0.2, 0.25) is 5.91 Å². The van der Waals surface area contributed by atoms with Gasteiger partial charge in [0.15, 0.2) is 0 Å². The van der Waals surface area contributed by atoms with Gasteiger partial charge in [0, 0.05) is 19.2 Å². The first-order valence-corrected chi connectivity index (χ1v) is 8.18. The number of amides is 1. The van der Waals surface area contributed by atoms with Crippen LogP contribution in [0, 0.1) is 11.8 Å². The summed E-state index contributed by atoms with van der Waals surface area (Å²) in [5.41, 5.74) is 2.30. The van der Waals surface area contributed by atoms with E-state index in [2.05, 4.69) is 31.3 Å². The van der Waals surface area contributed by atoms with Crippen LogP contribution in [-0.2, 0) is 11.2 Å². The fourth-order valence-corrected chi connectivity index (χ4v) is 3.04. The van der Waals surface area contributed by atoms with Crippen LogP contribution in [-0.4, -0.2) is 26.0 Å². The Labute approximate surface area is 128 Å². The minimum Gasteiger partial charge on any atom is -0.316 e. The largest absolute Gasteiger partial charge is 0.316 e. The lowest BCUT2D eigenvalue weighted by Crippen LogP contribution is -2.36. The molecule has 0 radical (unpaired) electrons. The van der Waals surface area contributed by atoms with Crippen molar-refractivity contribution >= 4 is 11.6 Å². The van der Waals surface area contributed by atoms with Gasteiger partial charge in [-0.2, -0.15) is 0 Å². The lowest BCUT2D eigenvalue weighted by Gasteiger charge is -2.29. The summed E-state index contributed by atoms with van der Waals surface area (Å²) in [4.78, 5) is 14.3. The van der Waals surface area contributed by atoms with Crippen LogP contribution in [0.15, 0.2) is 24.3 Å². The van der Waals surface area contributed by atoms with E-state index in [1.54, 1.807) is 4.90 Å². The van der Waals surface area contributed by atoms with Gasteiger partial charge >= 0.3 is 0 Å². The topological polar surface area (TPSA) is 32.3 Å². The van der Waals surface area contributed by atoms with Crippen molar-refractivity contribution in [3.63, 3.8) is 0 Å². The van der Waals surface area contributed by atoms with Crippen LogP contribution in [0.5, 0.6) is 0 Å². The molecule has 1 aromatic carbocycles. The van der Waals surface area contributed by atoms with Crippen molar-refractivity contribution in [1.82, 2.24) is 5.32 Å². The highest BCUT2D eigenvalue weighted by molar-refractivity contribution is 5.92. The van der Waals surface area contributed by atoms with Crippen LogP contribution in [0.3, 0.4) is 0 Å². The quantitative estimate of drug-likeness (QED) is 0.902. The van der Waals surface area contributed by atoms with Gasteiger partial charge < -0.3 is 10.2 Å². The van der Waals surface area contributed by atoms with Crippen LogP contribution >= 0.6 is 0 Å². The Kier molecular flexibility index (Phi) is 5.80. The highest BCUT2D eigenvalue weighted by Crippen LogP contribution is 2.24. The molecule has 2 atom stereocenters. The third-order valence-corrected chi connectivity index (χ3v) is 4.74. The van der Waals surface area contributed by atoms with E-state index < -0.39 is 0 Å². The molecule has 21 heavy (non-hydrogen) atoms. The van der Waals surface area contributed by atoms with Gasteiger partial charge in [-0.1, -0.05) is 26.0 Å². The molecule has 0 bridgehead atoms. The van der Waals surface area contributed by atoms with Crippen molar-refractivity contribution in [1.29, 1.82) is 0 Å². The number of carbonyl (C=O) groups is 1. The van der Waals surface area contributed by atoms with Gasteiger partial charge in [-0.25, -0.2) is 0 Å². The van der Waals surface area contributed by atoms with Gasteiger partial charge in [-0.3, -0.25) is 4.79 Å². The fraction of sp³-hybridized carbons (Fsp3) is 0.611. The normalized spacial score (nSPS) is 20.0. The maximum atomic E-state index is 12.5. The van der Waals surface area contributed by atoms with E-state index >= 15 is 0 Å². The predicted molar refractivity (Wildman–Crippen MR) is 88.6 cm³/mol. The van der Waals surface area contributed by atoms with Crippen molar-refractivity contribution in [3.05, 3.63) is 29.8 Å². The van der Waals surface area contributed by atoms with Crippen LogP contribution in [0.1, 0.15) is 38.7 Å². The van der Waals surface area contributed by atoms with Crippen molar-refractivity contribution < 1.29 is 4.79 Å². The number of nitrogens with zero attached hydrogens (tertiary/aromatic N) is 1. The van der Waals surface area contributed by atoms with E-state index in [0.717, 1.165) is 25.2 Å². The molecule has 2 unspecified atom stereocenters. The van der Waals surface area contributed by atoms with Crippen molar-refractivity contribution in [3.8, 4) is 0 Å². The highest BCUT2D eigenvalue weighted by Gasteiger charge is 2.23. The number of aryl methyl sites for hydroxylation is 1. The summed E-state index contributed by atoms with van der Waals surface area (Å²) in [5, 5.41) is 3.44. The zero-order chi connectivity index (χ0) is 15.2. The molecular formula is C18H28N2O. The Morgan fingerprint density at radius 1 is 1.38 bits per heavy atom. The first kappa shape index (κ1) is 16.0. The van der Waals surface area contributed by atoms with Gasteiger partial charge in [0.05, 0.1) is 0 Å². The molecule has 116 valence electrons. The second kappa shape index (κ2) is 7.60. The predicted octanol–water partition coefficient (Wildman–Crippen LogP) is 3.24. The van der Waals surface area contributed by atoms with Crippen molar-refractivity contribution in [2.75, 3.05) is 25.0 Å². The Bertz CT molecular complexity index is 449. The third kappa shape index (κ3) is 4.31. The number of nitrogens with one attached hydrogen (secondary N) is 1. The number of hydrogen-bond donors (Lipinski definition) is 1. The molecule has 1 heterocycles. The Morgan fingerprint density at radius 2 is 2.10 bits per heavy atom. The van der Waals surface area contributed by atoms with E-state index in [1.807, 2.05) is 19.2 Å². The molecule has 1 fully saturated rings.